The second-order valence-electron chi connectivity index (χ2n) is 5.21. The molecule has 1 saturated heterocycles. The third kappa shape index (κ3) is 1.85. The van der Waals surface area contributed by atoms with Crippen LogP contribution in [-0.4, -0.2) is 33.9 Å². The SMILES string of the molecule is Cl.O=C1C[C@H]2CNC[C@H]2n2nnc(-c3ccccc3)c21. The number of carbonyl (C=O) groups excluding carboxylic acids is 1. The molecule has 2 aliphatic heterocycles. The standard InChI is InChI=1S/C14H14N4O.ClH/c19-12-6-10-7-15-8-11(10)18-14(12)13(16-17-18)9-4-2-1-3-5-9;/h1-5,10-11,15H,6-8H2;1H/t10-,11+;/m0./s1. The Morgan fingerprint density at radius 1 is 1.20 bits per heavy atom. The van der Waals surface area contributed by atoms with Crippen molar-refractivity contribution in [2.45, 2.75) is 12.5 Å². The van der Waals surface area contributed by atoms with E-state index < -0.39 is 0 Å². The molecule has 1 aromatic heterocycles. The average Bonchev–Trinajstić information content (AvgIpc) is 3.05. The molecule has 1 fully saturated rings. The number of aromatic nitrogens is 3. The highest BCUT2D eigenvalue weighted by molar-refractivity contribution is 6.00. The Morgan fingerprint density at radius 2 is 2.00 bits per heavy atom. The zero-order valence-electron chi connectivity index (χ0n) is 10.8. The lowest BCUT2D eigenvalue weighted by Crippen LogP contribution is -2.30. The zero-order chi connectivity index (χ0) is 12.8. The monoisotopic (exact) mass is 290 g/mol. The Morgan fingerprint density at radius 3 is 2.80 bits per heavy atom. The number of halogens is 1. The molecule has 0 spiro atoms. The van der Waals surface area contributed by atoms with E-state index in [2.05, 4.69) is 15.6 Å². The molecular weight excluding hydrogens is 276 g/mol. The maximum atomic E-state index is 12.4. The van der Waals surface area contributed by atoms with Crippen LogP contribution < -0.4 is 5.32 Å². The topological polar surface area (TPSA) is 59.8 Å². The van der Waals surface area contributed by atoms with Gasteiger partial charge in [0.15, 0.2) is 5.78 Å². The van der Waals surface area contributed by atoms with Crippen molar-refractivity contribution < 1.29 is 4.79 Å². The quantitative estimate of drug-likeness (QED) is 0.869. The van der Waals surface area contributed by atoms with E-state index in [1.807, 2.05) is 35.0 Å². The molecule has 4 rings (SSSR count). The van der Waals surface area contributed by atoms with Crippen molar-refractivity contribution in [2.75, 3.05) is 13.1 Å². The number of nitrogens with zero attached hydrogens (tertiary/aromatic N) is 3. The third-order valence-electron chi connectivity index (χ3n) is 4.07. The Bertz CT molecular complexity index is 640. The van der Waals surface area contributed by atoms with Gasteiger partial charge in [-0.2, -0.15) is 0 Å². The van der Waals surface area contributed by atoms with Crippen molar-refractivity contribution in [3.05, 3.63) is 36.0 Å². The number of nitrogens with one attached hydrogen (secondary N) is 1. The summed E-state index contributed by atoms with van der Waals surface area (Å²) in [7, 11) is 0. The fourth-order valence-corrected chi connectivity index (χ4v) is 3.12. The summed E-state index contributed by atoms with van der Waals surface area (Å²) in [4.78, 5) is 12.4. The molecule has 104 valence electrons. The number of hydrogen-bond donors (Lipinski definition) is 1. The van der Waals surface area contributed by atoms with E-state index >= 15 is 0 Å². The summed E-state index contributed by atoms with van der Waals surface area (Å²) in [5.74, 6) is 0.527. The minimum atomic E-state index is 0. The first-order chi connectivity index (χ1) is 9.34. The molecule has 3 heterocycles. The van der Waals surface area contributed by atoms with Crippen LogP contribution in [0.25, 0.3) is 11.3 Å². The van der Waals surface area contributed by atoms with Gasteiger partial charge in [0.05, 0.1) is 6.04 Å². The summed E-state index contributed by atoms with van der Waals surface area (Å²) in [6.07, 6.45) is 0.602. The molecule has 6 heteroatoms. The molecule has 2 aromatic rings. The lowest BCUT2D eigenvalue weighted by atomic mass is 9.90. The second kappa shape index (κ2) is 5.00. The van der Waals surface area contributed by atoms with Gasteiger partial charge in [-0.05, 0) is 0 Å². The molecule has 2 aliphatic rings. The largest absolute Gasteiger partial charge is 0.314 e. The van der Waals surface area contributed by atoms with Gasteiger partial charge in [-0.15, -0.1) is 17.5 Å². The molecule has 1 aromatic carbocycles. The van der Waals surface area contributed by atoms with Crippen LogP contribution in [0.15, 0.2) is 30.3 Å². The molecule has 0 amide bonds. The van der Waals surface area contributed by atoms with Crippen LogP contribution in [0.4, 0.5) is 0 Å². The summed E-state index contributed by atoms with van der Waals surface area (Å²) < 4.78 is 1.83. The van der Waals surface area contributed by atoms with Crippen LogP contribution in [0.5, 0.6) is 0 Å². The number of hydrogen-bond acceptors (Lipinski definition) is 4. The number of rotatable bonds is 1. The third-order valence-corrected chi connectivity index (χ3v) is 4.07. The van der Waals surface area contributed by atoms with Gasteiger partial charge in [-0.25, -0.2) is 4.68 Å². The van der Waals surface area contributed by atoms with Gasteiger partial charge in [0.25, 0.3) is 0 Å². The summed E-state index contributed by atoms with van der Waals surface area (Å²) in [5.41, 5.74) is 2.36. The highest BCUT2D eigenvalue weighted by Gasteiger charge is 2.40. The molecule has 2 atom stereocenters. The predicted molar refractivity (Wildman–Crippen MR) is 77.1 cm³/mol. The molecule has 0 bridgehead atoms. The lowest BCUT2D eigenvalue weighted by Gasteiger charge is -2.24. The summed E-state index contributed by atoms with van der Waals surface area (Å²) >= 11 is 0. The van der Waals surface area contributed by atoms with Crippen molar-refractivity contribution in [1.82, 2.24) is 20.3 Å². The first-order valence-electron chi connectivity index (χ1n) is 6.59. The van der Waals surface area contributed by atoms with Gasteiger partial charge in [-0.1, -0.05) is 35.5 Å². The van der Waals surface area contributed by atoms with Gasteiger partial charge >= 0.3 is 0 Å². The lowest BCUT2D eigenvalue weighted by molar-refractivity contribution is 0.0910. The van der Waals surface area contributed by atoms with Gasteiger partial charge < -0.3 is 5.32 Å². The van der Waals surface area contributed by atoms with E-state index in [-0.39, 0.29) is 24.2 Å². The smallest absolute Gasteiger partial charge is 0.183 e. The van der Waals surface area contributed by atoms with Gasteiger partial charge in [-0.3, -0.25) is 4.79 Å². The van der Waals surface area contributed by atoms with Crippen molar-refractivity contribution >= 4 is 18.2 Å². The Labute approximate surface area is 122 Å². The number of Topliss-reactive ketones (excluding diaryl/α,β-unsaturated/α-hetero) is 1. The molecule has 1 N–H and O–H groups in total. The van der Waals surface area contributed by atoms with Crippen molar-refractivity contribution in [2.24, 2.45) is 5.92 Å². The Hall–Kier alpha value is -1.72. The molecule has 0 unspecified atom stereocenters. The molecule has 0 saturated carbocycles. The van der Waals surface area contributed by atoms with Gasteiger partial charge in [0.2, 0.25) is 0 Å². The van der Waals surface area contributed by atoms with E-state index in [1.54, 1.807) is 0 Å². The van der Waals surface area contributed by atoms with Crippen molar-refractivity contribution in [3.8, 4) is 11.3 Å². The number of fused-ring (bicyclic) bond motifs is 3. The van der Waals surface area contributed by atoms with Crippen molar-refractivity contribution in [3.63, 3.8) is 0 Å². The molecule has 20 heavy (non-hydrogen) atoms. The van der Waals surface area contributed by atoms with Crippen LogP contribution >= 0.6 is 12.4 Å². The van der Waals surface area contributed by atoms with Crippen LogP contribution in [0.1, 0.15) is 23.0 Å². The van der Waals surface area contributed by atoms with Crippen LogP contribution in [0.3, 0.4) is 0 Å². The highest BCUT2D eigenvalue weighted by atomic mass is 35.5. The normalized spacial score (nSPS) is 23.9. The van der Waals surface area contributed by atoms with E-state index in [9.17, 15) is 4.79 Å². The van der Waals surface area contributed by atoms with Crippen LogP contribution in [-0.2, 0) is 0 Å². The first kappa shape index (κ1) is 13.3. The molecule has 0 aliphatic carbocycles. The molecule has 0 radical (unpaired) electrons. The summed E-state index contributed by atoms with van der Waals surface area (Å²) in [5, 5.41) is 11.8. The summed E-state index contributed by atoms with van der Waals surface area (Å²) in [6.45, 7) is 1.78. The zero-order valence-corrected chi connectivity index (χ0v) is 11.6. The summed E-state index contributed by atoms with van der Waals surface area (Å²) in [6, 6.07) is 10.1. The predicted octanol–water partition coefficient (Wildman–Crippen LogP) is 1.71. The number of carbonyl (C=O) groups is 1. The molecule has 5 nitrogen and oxygen atoms in total. The molecular formula is C14H15ClN4O. The maximum absolute atomic E-state index is 12.4. The van der Waals surface area contributed by atoms with Gasteiger partial charge in [0, 0.05) is 31.0 Å². The number of ketones is 1. The minimum absolute atomic E-state index is 0. The minimum Gasteiger partial charge on any atom is -0.314 e. The Kier molecular flexibility index (Phi) is 3.31. The highest BCUT2D eigenvalue weighted by Crippen LogP contribution is 2.35. The Balaban J connectivity index is 0.00000121. The van der Waals surface area contributed by atoms with Crippen LogP contribution in [0, 0.1) is 5.92 Å². The van der Waals surface area contributed by atoms with E-state index in [4.69, 9.17) is 0 Å². The number of benzene rings is 1. The second-order valence-corrected chi connectivity index (χ2v) is 5.21. The first-order valence-corrected chi connectivity index (χ1v) is 6.59. The van der Waals surface area contributed by atoms with E-state index in [0.29, 0.717) is 18.0 Å². The van der Waals surface area contributed by atoms with Crippen LogP contribution in [0.2, 0.25) is 0 Å². The maximum Gasteiger partial charge on any atom is 0.183 e. The average molecular weight is 291 g/mol. The van der Waals surface area contributed by atoms with Crippen molar-refractivity contribution in [1.29, 1.82) is 0 Å². The van der Waals surface area contributed by atoms with E-state index in [0.717, 1.165) is 24.3 Å². The fraction of sp³-hybridized carbons (Fsp3) is 0.357. The van der Waals surface area contributed by atoms with E-state index in [1.165, 1.54) is 0 Å². The fourth-order valence-electron chi connectivity index (χ4n) is 3.12. The van der Waals surface area contributed by atoms with Gasteiger partial charge in [0.1, 0.15) is 11.4 Å².